The molecule has 72 valence electrons. The van der Waals surface area contributed by atoms with E-state index in [0.717, 1.165) is 6.07 Å². The number of aromatic hydroxyl groups is 1. The average molecular weight is 275 g/mol. The van der Waals surface area contributed by atoms with Crippen molar-refractivity contribution in [3.63, 3.8) is 0 Å². The summed E-state index contributed by atoms with van der Waals surface area (Å²) in [6.07, 6.45) is -4.50. The van der Waals surface area contributed by atoms with E-state index in [1.54, 1.807) is 0 Å². The fourth-order valence-electron chi connectivity index (χ4n) is 0.738. The van der Waals surface area contributed by atoms with Gasteiger partial charge in [-0.3, -0.25) is 0 Å². The highest BCUT2D eigenvalue weighted by Crippen LogP contribution is 2.38. The Hall–Kier alpha value is -0.420. The molecule has 0 atom stereocenters. The van der Waals surface area contributed by atoms with Gasteiger partial charge in [-0.1, -0.05) is 11.6 Å². The van der Waals surface area contributed by atoms with Crippen LogP contribution in [0.4, 0.5) is 13.2 Å². The van der Waals surface area contributed by atoms with Crippen molar-refractivity contribution in [2.75, 3.05) is 0 Å². The maximum absolute atomic E-state index is 12.1. The van der Waals surface area contributed by atoms with Crippen LogP contribution in [0.5, 0.6) is 5.75 Å². The zero-order valence-electron chi connectivity index (χ0n) is 5.99. The van der Waals surface area contributed by atoms with Gasteiger partial charge in [-0.2, -0.15) is 13.2 Å². The van der Waals surface area contributed by atoms with Gasteiger partial charge in [0.1, 0.15) is 5.75 Å². The van der Waals surface area contributed by atoms with E-state index in [0.29, 0.717) is 6.07 Å². The van der Waals surface area contributed by atoms with Crippen LogP contribution in [0.25, 0.3) is 0 Å². The minimum absolute atomic E-state index is 0.0576. The van der Waals surface area contributed by atoms with E-state index in [9.17, 15) is 13.2 Å². The summed E-state index contributed by atoms with van der Waals surface area (Å²) in [6, 6.07) is 1.35. The number of hydrogen-bond donors (Lipinski definition) is 1. The highest BCUT2D eigenvalue weighted by atomic mass is 79.9. The van der Waals surface area contributed by atoms with Crippen LogP contribution in [-0.2, 0) is 6.18 Å². The van der Waals surface area contributed by atoms with Gasteiger partial charge in [-0.15, -0.1) is 0 Å². The molecule has 0 aliphatic rings. The molecule has 0 unspecified atom stereocenters. The molecule has 1 aromatic rings. The van der Waals surface area contributed by atoms with E-state index in [2.05, 4.69) is 15.9 Å². The zero-order chi connectivity index (χ0) is 10.2. The molecule has 0 saturated heterocycles. The molecule has 0 aliphatic heterocycles. The first kappa shape index (κ1) is 10.7. The molecule has 1 N–H and O–H groups in total. The third kappa shape index (κ3) is 2.28. The van der Waals surface area contributed by atoms with Crippen molar-refractivity contribution in [2.24, 2.45) is 0 Å². The number of rotatable bonds is 0. The first-order valence-electron chi connectivity index (χ1n) is 3.07. The Morgan fingerprint density at radius 2 is 1.85 bits per heavy atom. The van der Waals surface area contributed by atoms with Crippen molar-refractivity contribution in [3.05, 3.63) is 27.2 Å². The lowest BCUT2D eigenvalue weighted by Gasteiger charge is -2.08. The fourth-order valence-corrected chi connectivity index (χ4v) is 1.18. The summed E-state index contributed by atoms with van der Waals surface area (Å²) in [5.74, 6) is -0.528. The maximum atomic E-state index is 12.1. The van der Waals surface area contributed by atoms with E-state index in [4.69, 9.17) is 16.7 Å². The third-order valence-electron chi connectivity index (χ3n) is 1.34. The molecule has 0 fully saturated rings. The normalized spacial score (nSPS) is 11.8. The topological polar surface area (TPSA) is 20.2 Å². The first-order chi connectivity index (χ1) is 5.82. The minimum atomic E-state index is -4.50. The van der Waals surface area contributed by atoms with Gasteiger partial charge in [-0.05, 0) is 28.1 Å². The van der Waals surface area contributed by atoms with Crippen LogP contribution in [0.15, 0.2) is 16.6 Å². The van der Waals surface area contributed by atoms with E-state index in [1.165, 1.54) is 0 Å². The molecule has 0 aromatic heterocycles. The monoisotopic (exact) mass is 274 g/mol. The maximum Gasteiger partial charge on any atom is 0.416 e. The fraction of sp³-hybridized carbons (Fsp3) is 0.143. The Balaban J connectivity index is 3.29. The second kappa shape index (κ2) is 3.38. The molecule has 0 radical (unpaired) electrons. The van der Waals surface area contributed by atoms with E-state index in [-0.39, 0.29) is 9.50 Å². The summed E-state index contributed by atoms with van der Waals surface area (Å²) in [4.78, 5) is 0. The number of phenolic OH excluding ortho intramolecular Hbond substituents is 1. The standard InChI is InChI=1S/C7H3BrClF3O/c8-6-4(9)1-3(2-5(6)13)7(10,11)12/h1-2,13H. The molecule has 1 rings (SSSR count). The smallest absolute Gasteiger partial charge is 0.416 e. The average Bonchev–Trinajstić information content (AvgIpc) is 1.97. The minimum Gasteiger partial charge on any atom is -0.507 e. The van der Waals surface area contributed by atoms with Gasteiger partial charge in [0.15, 0.2) is 0 Å². The SMILES string of the molecule is Oc1cc(C(F)(F)F)cc(Cl)c1Br. The van der Waals surface area contributed by atoms with Gasteiger partial charge in [0.2, 0.25) is 0 Å². The Morgan fingerprint density at radius 3 is 2.23 bits per heavy atom. The Labute approximate surface area is 85.3 Å². The lowest BCUT2D eigenvalue weighted by molar-refractivity contribution is -0.137. The third-order valence-corrected chi connectivity index (χ3v) is 2.70. The first-order valence-corrected chi connectivity index (χ1v) is 4.24. The van der Waals surface area contributed by atoms with Gasteiger partial charge < -0.3 is 5.11 Å². The van der Waals surface area contributed by atoms with Crippen LogP contribution in [0.3, 0.4) is 0 Å². The Kier molecular flexibility index (Phi) is 2.77. The zero-order valence-corrected chi connectivity index (χ0v) is 8.33. The molecule has 0 heterocycles. The van der Waals surface area contributed by atoms with E-state index < -0.39 is 17.5 Å². The van der Waals surface area contributed by atoms with E-state index >= 15 is 0 Å². The quantitative estimate of drug-likeness (QED) is 0.763. The second-order valence-corrected chi connectivity index (χ2v) is 3.49. The van der Waals surface area contributed by atoms with E-state index in [1.807, 2.05) is 0 Å². The Morgan fingerprint density at radius 1 is 1.31 bits per heavy atom. The van der Waals surface area contributed by atoms with Gasteiger partial charge >= 0.3 is 6.18 Å². The predicted molar refractivity (Wildman–Crippen MR) is 45.8 cm³/mol. The molecule has 0 bridgehead atoms. The summed E-state index contributed by atoms with van der Waals surface area (Å²) in [5.41, 5.74) is -0.974. The van der Waals surface area contributed by atoms with Crippen molar-refractivity contribution < 1.29 is 18.3 Å². The molecule has 0 saturated carbocycles. The van der Waals surface area contributed by atoms with Crippen LogP contribution >= 0.6 is 27.5 Å². The van der Waals surface area contributed by atoms with Crippen LogP contribution < -0.4 is 0 Å². The van der Waals surface area contributed by atoms with Gasteiger partial charge in [0.25, 0.3) is 0 Å². The molecular formula is C7H3BrClF3O. The lowest BCUT2D eigenvalue weighted by atomic mass is 10.2. The van der Waals surface area contributed by atoms with Crippen molar-refractivity contribution in [3.8, 4) is 5.75 Å². The molecule has 0 spiro atoms. The Bertz CT molecular complexity index is 314. The van der Waals surface area contributed by atoms with Gasteiger partial charge in [-0.25, -0.2) is 0 Å². The van der Waals surface area contributed by atoms with Crippen LogP contribution in [0, 0.1) is 0 Å². The van der Waals surface area contributed by atoms with Crippen LogP contribution in [-0.4, -0.2) is 5.11 Å². The molecular weight excluding hydrogens is 272 g/mol. The number of halogens is 5. The predicted octanol–water partition coefficient (Wildman–Crippen LogP) is 3.83. The molecule has 0 aliphatic carbocycles. The van der Waals surface area contributed by atoms with Gasteiger partial charge in [0, 0.05) is 0 Å². The number of hydrogen-bond acceptors (Lipinski definition) is 1. The van der Waals surface area contributed by atoms with Crippen molar-refractivity contribution in [1.82, 2.24) is 0 Å². The number of benzene rings is 1. The molecule has 13 heavy (non-hydrogen) atoms. The summed E-state index contributed by atoms with van der Waals surface area (Å²) >= 11 is 8.25. The number of alkyl halides is 3. The van der Waals surface area contributed by atoms with Crippen molar-refractivity contribution in [1.29, 1.82) is 0 Å². The highest BCUT2D eigenvalue weighted by molar-refractivity contribution is 9.10. The second-order valence-electron chi connectivity index (χ2n) is 2.29. The van der Waals surface area contributed by atoms with Gasteiger partial charge in [0.05, 0.1) is 15.1 Å². The summed E-state index contributed by atoms with van der Waals surface area (Å²) < 4.78 is 36.3. The summed E-state index contributed by atoms with van der Waals surface area (Å²) in [7, 11) is 0. The molecule has 1 aromatic carbocycles. The van der Waals surface area contributed by atoms with Crippen LogP contribution in [0.2, 0.25) is 5.02 Å². The van der Waals surface area contributed by atoms with Crippen molar-refractivity contribution in [2.45, 2.75) is 6.18 Å². The summed E-state index contributed by atoms with van der Waals surface area (Å²) in [6.45, 7) is 0. The van der Waals surface area contributed by atoms with Crippen molar-refractivity contribution >= 4 is 27.5 Å². The lowest BCUT2D eigenvalue weighted by Crippen LogP contribution is -2.04. The summed E-state index contributed by atoms with van der Waals surface area (Å²) in [5, 5.41) is 8.84. The largest absolute Gasteiger partial charge is 0.507 e. The molecule has 6 heteroatoms. The highest BCUT2D eigenvalue weighted by Gasteiger charge is 2.31. The molecule has 1 nitrogen and oxygen atoms in total. The number of phenols is 1. The van der Waals surface area contributed by atoms with Crippen LogP contribution in [0.1, 0.15) is 5.56 Å². The molecule has 0 amide bonds.